The zero-order valence-corrected chi connectivity index (χ0v) is 9.27. The van der Waals surface area contributed by atoms with Gasteiger partial charge in [-0.05, 0) is 12.8 Å². The minimum Gasteiger partial charge on any atom is -0.504 e. The van der Waals surface area contributed by atoms with Crippen molar-refractivity contribution >= 4 is 11.6 Å². The van der Waals surface area contributed by atoms with Crippen LogP contribution in [0.5, 0.6) is 0 Å². The molecule has 0 saturated carbocycles. The molecule has 1 aliphatic rings. The normalized spacial score (nSPS) is 14.8. The van der Waals surface area contributed by atoms with E-state index < -0.39 is 11.5 Å². The number of allylic oxidation sites excluding steroid dienone is 3. The Morgan fingerprint density at radius 1 is 1.12 bits per heavy atom. The van der Waals surface area contributed by atoms with E-state index >= 15 is 0 Å². The van der Waals surface area contributed by atoms with Crippen molar-refractivity contribution in [2.24, 2.45) is 0 Å². The van der Waals surface area contributed by atoms with Gasteiger partial charge in [-0.15, -0.1) is 6.58 Å². The number of carbonyl (C=O) groups excluding carboxylic acids is 2. The van der Waals surface area contributed by atoms with Crippen LogP contribution >= 0.6 is 0 Å². The quantitative estimate of drug-likeness (QED) is 0.809. The third-order valence-electron chi connectivity index (χ3n) is 2.79. The molecule has 0 aromatic heterocycles. The molecule has 0 atom stereocenters. The highest BCUT2D eigenvalue weighted by molar-refractivity contribution is 6.25. The fraction of sp³-hybridized carbons (Fsp3) is 0.143. The molecule has 1 aromatic rings. The maximum Gasteiger partial charge on any atom is 0.228 e. The van der Waals surface area contributed by atoms with Crippen molar-refractivity contribution in [3.63, 3.8) is 0 Å². The summed E-state index contributed by atoms with van der Waals surface area (Å²) in [5, 5.41) is 9.76. The molecule has 0 amide bonds. The van der Waals surface area contributed by atoms with E-state index in [0.29, 0.717) is 18.4 Å². The predicted octanol–water partition coefficient (Wildman–Crippen LogP) is 2.84. The lowest BCUT2D eigenvalue weighted by Crippen LogP contribution is -2.21. The molecular formula is C14H12O3. The minimum absolute atomic E-state index is 0.189. The molecule has 0 bridgehead atoms. The average Bonchev–Trinajstić information content (AvgIpc) is 2.36. The van der Waals surface area contributed by atoms with Gasteiger partial charge < -0.3 is 5.11 Å². The Bertz CT molecular complexity index is 538. The first-order valence-electron chi connectivity index (χ1n) is 5.38. The Morgan fingerprint density at radius 2 is 1.71 bits per heavy atom. The van der Waals surface area contributed by atoms with Crippen molar-refractivity contribution in [2.75, 3.05) is 0 Å². The maximum atomic E-state index is 12.1. The van der Waals surface area contributed by atoms with Gasteiger partial charge in [0.15, 0.2) is 11.5 Å². The van der Waals surface area contributed by atoms with Gasteiger partial charge in [0.1, 0.15) is 0 Å². The lowest BCUT2D eigenvalue weighted by Gasteiger charge is -2.16. The summed E-state index contributed by atoms with van der Waals surface area (Å²) >= 11 is 0. The van der Waals surface area contributed by atoms with E-state index in [2.05, 4.69) is 6.58 Å². The number of aliphatic hydroxyl groups excluding tert-OH is 1. The third-order valence-corrected chi connectivity index (χ3v) is 2.79. The molecule has 1 N–H and O–H groups in total. The Kier molecular flexibility index (Phi) is 2.91. The average molecular weight is 228 g/mol. The zero-order chi connectivity index (χ0) is 12.4. The molecular weight excluding hydrogens is 216 g/mol. The smallest absolute Gasteiger partial charge is 0.228 e. The van der Waals surface area contributed by atoms with E-state index in [1.807, 2.05) is 0 Å². The van der Waals surface area contributed by atoms with Crippen molar-refractivity contribution in [1.82, 2.24) is 0 Å². The molecule has 0 fully saturated rings. The second-order valence-electron chi connectivity index (χ2n) is 3.86. The summed E-state index contributed by atoms with van der Waals surface area (Å²) in [4.78, 5) is 23.9. The van der Waals surface area contributed by atoms with Gasteiger partial charge in [0.25, 0.3) is 0 Å². The molecule has 3 nitrogen and oxygen atoms in total. The number of benzene rings is 1. The van der Waals surface area contributed by atoms with Gasteiger partial charge in [-0.2, -0.15) is 0 Å². The molecule has 0 saturated heterocycles. The van der Waals surface area contributed by atoms with E-state index in [-0.39, 0.29) is 16.9 Å². The molecule has 17 heavy (non-hydrogen) atoms. The van der Waals surface area contributed by atoms with Crippen LogP contribution < -0.4 is 0 Å². The molecule has 0 unspecified atom stereocenters. The SMILES string of the molecule is C=CCCC1=C(O)C(=O)c2ccccc2C1=O. The lowest BCUT2D eigenvalue weighted by molar-refractivity contribution is 0.0926. The van der Waals surface area contributed by atoms with Crippen molar-refractivity contribution < 1.29 is 14.7 Å². The number of carbonyl (C=O) groups is 2. The number of Topliss-reactive ketones (excluding diaryl/α,β-unsaturated/α-hetero) is 2. The fourth-order valence-corrected chi connectivity index (χ4v) is 1.89. The molecule has 0 heterocycles. The van der Waals surface area contributed by atoms with Gasteiger partial charge >= 0.3 is 0 Å². The van der Waals surface area contributed by atoms with Crippen LogP contribution in [0.4, 0.5) is 0 Å². The van der Waals surface area contributed by atoms with Crippen LogP contribution in [-0.2, 0) is 0 Å². The second-order valence-corrected chi connectivity index (χ2v) is 3.86. The van der Waals surface area contributed by atoms with Crippen LogP contribution in [-0.4, -0.2) is 16.7 Å². The van der Waals surface area contributed by atoms with Crippen LogP contribution in [0.2, 0.25) is 0 Å². The van der Waals surface area contributed by atoms with Gasteiger partial charge in [-0.1, -0.05) is 30.3 Å². The minimum atomic E-state index is -0.473. The Morgan fingerprint density at radius 3 is 2.29 bits per heavy atom. The summed E-state index contributed by atoms with van der Waals surface area (Å²) in [6.07, 6.45) is 2.55. The first-order valence-corrected chi connectivity index (χ1v) is 5.38. The molecule has 86 valence electrons. The fourth-order valence-electron chi connectivity index (χ4n) is 1.89. The summed E-state index contributed by atoms with van der Waals surface area (Å²) in [6.45, 7) is 3.56. The van der Waals surface area contributed by atoms with E-state index in [1.165, 1.54) is 0 Å². The molecule has 0 radical (unpaired) electrons. The maximum absolute atomic E-state index is 12.1. The summed E-state index contributed by atoms with van der Waals surface area (Å²) in [7, 11) is 0. The van der Waals surface area contributed by atoms with Gasteiger partial charge in [-0.3, -0.25) is 9.59 Å². The number of hydrogen-bond acceptors (Lipinski definition) is 3. The van der Waals surface area contributed by atoms with Crippen LogP contribution in [0, 0.1) is 0 Å². The predicted molar refractivity (Wildman–Crippen MR) is 64.2 cm³/mol. The van der Waals surface area contributed by atoms with Crippen LogP contribution in [0.3, 0.4) is 0 Å². The number of hydrogen-bond donors (Lipinski definition) is 1. The summed E-state index contributed by atoms with van der Waals surface area (Å²) in [6, 6.07) is 6.54. The van der Waals surface area contributed by atoms with Crippen molar-refractivity contribution in [1.29, 1.82) is 0 Å². The Balaban J connectivity index is 2.50. The summed E-state index contributed by atoms with van der Waals surface area (Å²) in [5.41, 5.74) is 0.834. The largest absolute Gasteiger partial charge is 0.504 e. The number of aliphatic hydroxyl groups is 1. The lowest BCUT2D eigenvalue weighted by atomic mass is 9.86. The highest BCUT2D eigenvalue weighted by Crippen LogP contribution is 2.27. The van der Waals surface area contributed by atoms with Gasteiger partial charge in [0.2, 0.25) is 5.78 Å². The monoisotopic (exact) mass is 228 g/mol. The summed E-state index contributed by atoms with van der Waals surface area (Å²) < 4.78 is 0. The zero-order valence-electron chi connectivity index (χ0n) is 9.27. The van der Waals surface area contributed by atoms with Gasteiger partial charge in [-0.25, -0.2) is 0 Å². The number of ketones is 2. The second kappa shape index (κ2) is 4.37. The molecule has 1 aromatic carbocycles. The highest BCUT2D eigenvalue weighted by atomic mass is 16.3. The molecule has 0 aliphatic heterocycles. The van der Waals surface area contributed by atoms with E-state index in [9.17, 15) is 14.7 Å². The van der Waals surface area contributed by atoms with Gasteiger partial charge in [0, 0.05) is 16.7 Å². The molecule has 1 aliphatic carbocycles. The van der Waals surface area contributed by atoms with E-state index in [1.54, 1.807) is 30.3 Å². The third kappa shape index (κ3) is 1.80. The topological polar surface area (TPSA) is 54.4 Å². The summed E-state index contributed by atoms with van der Waals surface area (Å²) in [5.74, 6) is -1.16. The first kappa shape index (κ1) is 11.3. The molecule has 2 rings (SSSR count). The van der Waals surface area contributed by atoms with Crippen LogP contribution in [0.1, 0.15) is 33.6 Å². The molecule has 3 heteroatoms. The van der Waals surface area contributed by atoms with Crippen molar-refractivity contribution in [3.8, 4) is 0 Å². The standard InChI is InChI=1S/C14H12O3/c1-2-3-6-11-12(15)9-7-4-5-8-10(9)13(16)14(11)17/h2,4-5,7-8,17H,1,3,6H2. The first-order chi connectivity index (χ1) is 8.16. The Labute approximate surface area is 99.1 Å². The van der Waals surface area contributed by atoms with E-state index in [4.69, 9.17) is 0 Å². The number of rotatable bonds is 3. The van der Waals surface area contributed by atoms with Crippen molar-refractivity contribution in [3.05, 3.63) is 59.4 Å². The van der Waals surface area contributed by atoms with Gasteiger partial charge in [0.05, 0.1) is 0 Å². The Hall–Kier alpha value is -2.16. The van der Waals surface area contributed by atoms with Crippen LogP contribution in [0.25, 0.3) is 0 Å². The highest BCUT2D eigenvalue weighted by Gasteiger charge is 2.30. The van der Waals surface area contributed by atoms with E-state index in [0.717, 1.165) is 0 Å². The van der Waals surface area contributed by atoms with Crippen molar-refractivity contribution in [2.45, 2.75) is 12.8 Å². The molecule has 0 spiro atoms. The number of fused-ring (bicyclic) bond motifs is 1. The van der Waals surface area contributed by atoms with Crippen LogP contribution in [0.15, 0.2) is 48.3 Å².